The quantitative estimate of drug-likeness (QED) is 0.407. The van der Waals surface area contributed by atoms with Crippen LogP contribution < -0.4 is 0 Å². The molecular formula is C23H22O8. The van der Waals surface area contributed by atoms with Gasteiger partial charge in [0.15, 0.2) is 17.8 Å². The summed E-state index contributed by atoms with van der Waals surface area (Å²) >= 11 is 0. The Morgan fingerprint density at radius 1 is 0.871 bits per heavy atom. The summed E-state index contributed by atoms with van der Waals surface area (Å²) in [5.41, 5.74) is -1.75. The van der Waals surface area contributed by atoms with Gasteiger partial charge in [-0.15, -0.1) is 0 Å². The van der Waals surface area contributed by atoms with Crippen molar-refractivity contribution in [2.75, 3.05) is 6.61 Å². The summed E-state index contributed by atoms with van der Waals surface area (Å²) in [5, 5.41) is 21.6. The predicted molar refractivity (Wildman–Crippen MR) is 108 cm³/mol. The largest absolute Gasteiger partial charge is 0.459 e. The molecule has 0 heterocycles. The molecule has 0 bridgehead atoms. The summed E-state index contributed by atoms with van der Waals surface area (Å²) in [7, 11) is 0. The van der Waals surface area contributed by atoms with Crippen LogP contribution in [0.4, 0.5) is 0 Å². The van der Waals surface area contributed by atoms with Crippen molar-refractivity contribution in [2.45, 2.75) is 30.8 Å². The van der Waals surface area contributed by atoms with E-state index in [0.717, 1.165) is 6.92 Å². The molecule has 2 aromatic rings. The Labute approximate surface area is 178 Å². The summed E-state index contributed by atoms with van der Waals surface area (Å²) in [5.74, 6) is -2.23. The summed E-state index contributed by atoms with van der Waals surface area (Å²) in [6.07, 6.45) is -1.78. The van der Waals surface area contributed by atoms with Gasteiger partial charge in [-0.2, -0.15) is 0 Å². The van der Waals surface area contributed by atoms with Gasteiger partial charge in [0, 0.05) is 6.92 Å². The highest BCUT2D eigenvalue weighted by Crippen LogP contribution is 2.31. The molecule has 0 unspecified atom stereocenters. The number of aliphatic hydroxyl groups is 2. The fourth-order valence-electron chi connectivity index (χ4n) is 3.16. The van der Waals surface area contributed by atoms with Crippen molar-refractivity contribution in [1.82, 2.24) is 0 Å². The minimum absolute atomic E-state index is 0.239. The first kappa shape index (κ1) is 22.2. The van der Waals surface area contributed by atoms with Gasteiger partial charge >= 0.3 is 17.9 Å². The number of hydrogen-bond donors (Lipinski definition) is 2. The summed E-state index contributed by atoms with van der Waals surface area (Å²) in [6.45, 7) is 0.404. The van der Waals surface area contributed by atoms with Crippen LogP contribution in [0.25, 0.3) is 0 Å². The van der Waals surface area contributed by atoms with E-state index in [1.54, 1.807) is 48.5 Å². The van der Waals surface area contributed by atoms with Gasteiger partial charge in [0.1, 0.15) is 12.7 Å². The van der Waals surface area contributed by atoms with Crippen LogP contribution in [-0.4, -0.2) is 58.6 Å². The Morgan fingerprint density at radius 2 is 1.42 bits per heavy atom. The highest BCUT2D eigenvalue weighted by Gasteiger charge is 2.53. The maximum Gasteiger partial charge on any atom is 0.338 e. The van der Waals surface area contributed by atoms with Gasteiger partial charge in [-0.05, 0) is 30.3 Å². The fraction of sp³-hybridized carbons (Fsp3) is 0.261. The Kier molecular flexibility index (Phi) is 6.84. The number of rotatable bonds is 6. The molecule has 1 aliphatic carbocycles. The van der Waals surface area contributed by atoms with Crippen LogP contribution in [0.15, 0.2) is 72.8 Å². The van der Waals surface area contributed by atoms with E-state index >= 15 is 0 Å². The highest BCUT2D eigenvalue weighted by atomic mass is 16.6. The maximum absolute atomic E-state index is 12.5. The van der Waals surface area contributed by atoms with Crippen LogP contribution in [0.2, 0.25) is 0 Å². The topological polar surface area (TPSA) is 119 Å². The first-order chi connectivity index (χ1) is 14.8. The van der Waals surface area contributed by atoms with Crippen molar-refractivity contribution in [3.8, 4) is 0 Å². The molecule has 0 aliphatic heterocycles. The zero-order chi connectivity index (χ0) is 22.4. The van der Waals surface area contributed by atoms with Gasteiger partial charge in [0.2, 0.25) is 0 Å². The van der Waals surface area contributed by atoms with E-state index < -0.39 is 48.4 Å². The van der Waals surface area contributed by atoms with E-state index in [9.17, 15) is 24.6 Å². The van der Waals surface area contributed by atoms with Crippen molar-refractivity contribution in [3.05, 3.63) is 83.9 Å². The molecule has 8 heteroatoms. The van der Waals surface area contributed by atoms with E-state index in [0.29, 0.717) is 0 Å². The molecule has 2 N–H and O–H groups in total. The molecule has 0 radical (unpaired) electrons. The van der Waals surface area contributed by atoms with Crippen LogP contribution in [0.3, 0.4) is 0 Å². The highest BCUT2D eigenvalue weighted by molar-refractivity contribution is 5.90. The second-order valence-corrected chi connectivity index (χ2v) is 7.03. The lowest BCUT2D eigenvalue weighted by atomic mass is 9.82. The zero-order valence-corrected chi connectivity index (χ0v) is 16.7. The Morgan fingerprint density at radius 3 is 1.97 bits per heavy atom. The van der Waals surface area contributed by atoms with Crippen LogP contribution in [0.5, 0.6) is 0 Å². The van der Waals surface area contributed by atoms with E-state index in [4.69, 9.17) is 14.2 Å². The molecule has 31 heavy (non-hydrogen) atoms. The second-order valence-electron chi connectivity index (χ2n) is 7.03. The number of ether oxygens (including phenoxy) is 3. The molecule has 1 aliphatic rings. The SMILES string of the molecule is CC(=O)O[C@@H]1[C@H](OC(=O)c2ccccc2)C=C[C@@H](O)[C@@]1(O)COC(=O)c1ccccc1. The monoisotopic (exact) mass is 426 g/mol. The molecule has 162 valence electrons. The lowest BCUT2D eigenvalue weighted by Gasteiger charge is -2.42. The predicted octanol–water partition coefficient (Wildman–Crippen LogP) is 1.66. The third-order valence-electron chi connectivity index (χ3n) is 4.78. The van der Waals surface area contributed by atoms with Gasteiger partial charge in [-0.1, -0.05) is 42.5 Å². The summed E-state index contributed by atoms with van der Waals surface area (Å²) in [4.78, 5) is 36.4. The molecule has 0 aromatic heterocycles. The third kappa shape index (κ3) is 5.17. The van der Waals surface area contributed by atoms with Gasteiger partial charge < -0.3 is 24.4 Å². The Bertz CT molecular complexity index is 956. The number of hydrogen-bond acceptors (Lipinski definition) is 8. The molecule has 8 nitrogen and oxygen atoms in total. The van der Waals surface area contributed by atoms with Gasteiger partial charge in [-0.3, -0.25) is 4.79 Å². The molecule has 0 amide bonds. The standard InChI is InChI=1S/C23H22O8/c1-15(24)30-20-18(31-22(27)17-10-6-3-7-11-17)12-13-19(25)23(20,28)14-29-21(26)16-8-4-2-5-9-16/h2-13,18-20,25,28H,14H2,1H3/t18-,19-,20-,23+/m1/s1. The van der Waals surface area contributed by atoms with Crippen molar-refractivity contribution < 1.29 is 38.8 Å². The van der Waals surface area contributed by atoms with Crippen LogP contribution >= 0.6 is 0 Å². The average Bonchev–Trinajstić information content (AvgIpc) is 2.78. The van der Waals surface area contributed by atoms with Crippen molar-refractivity contribution >= 4 is 17.9 Å². The van der Waals surface area contributed by atoms with E-state index in [1.165, 1.54) is 24.3 Å². The zero-order valence-electron chi connectivity index (χ0n) is 16.7. The minimum atomic E-state index is -2.24. The summed E-state index contributed by atoms with van der Waals surface area (Å²) < 4.78 is 15.8. The number of carbonyl (C=O) groups is 3. The molecule has 0 spiro atoms. The maximum atomic E-state index is 12.5. The summed E-state index contributed by atoms with van der Waals surface area (Å²) in [6, 6.07) is 16.2. The van der Waals surface area contributed by atoms with E-state index in [2.05, 4.69) is 0 Å². The fourth-order valence-corrected chi connectivity index (χ4v) is 3.16. The second kappa shape index (κ2) is 9.55. The van der Waals surface area contributed by atoms with Crippen LogP contribution in [-0.2, 0) is 19.0 Å². The average molecular weight is 426 g/mol. The van der Waals surface area contributed by atoms with E-state index in [-0.39, 0.29) is 11.1 Å². The third-order valence-corrected chi connectivity index (χ3v) is 4.78. The van der Waals surface area contributed by atoms with Crippen LogP contribution in [0.1, 0.15) is 27.6 Å². The van der Waals surface area contributed by atoms with E-state index in [1.807, 2.05) is 0 Å². The molecule has 0 saturated heterocycles. The molecular weight excluding hydrogens is 404 g/mol. The number of aliphatic hydroxyl groups excluding tert-OH is 1. The number of carbonyl (C=O) groups excluding carboxylic acids is 3. The number of esters is 3. The van der Waals surface area contributed by atoms with Crippen molar-refractivity contribution in [1.29, 1.82) is 0 Å². The van der Waals surface area contributed by atoms with Crippen molar-refractivity contribution in [2.24, 2.45) is 0 Å². The first-order valence-electron chi connectivity index (χ1n) is 9.55. The smallest absolute Gasteiger partial charge is 0.338 e. The Balaban J connectivity index is 1.81. The molecule has 0 fully saturated rings. The minimum Gasteiger partial charge on any atom is -0.459 e. The molecule has 0 saturated carbocycles. The number of benzene rings is 2. The van der Waals surface area contributed by atoms with Gasteiger partial charge in [0.05, 0.1) is 11.1 Å². The van der Waals surface area contributed by atoms with Gasteiger partial charge in [-0.25, -0.2) is 9.59 Å². The molecule has 4 atom stereocenters. The van der Waals surface area contributed by atoms with Crippen molar-refractivity contribution in [3.63, 3.8) is 0 Å². The first-order valence-corrected chi connectivity index (χ1v) is 9.55. The molecule has 2 aromatic carbocycles. The van der Waals surface area contributed by atoms with Gasteiger partial charge in [0.25, 0.3) is 0 Å². The van der Waals surface area contributed by atoms with Crippen LogP contribution in [0, 0.1) is 0 Å². The Hall–Kier alpha value is -3.49. The lowest BCUT2D eigenvalue weighted by Crippen LogP contribution is -2.63. The normalized spacial score (nSPS) is 24.8. The lowest BCUT2D eigenvalue weighted by molar-refractivity contribution is -0.205. The molecule has 3 rings (SSSR count).